The fraction of sp³-hybridized carbons (Fsp3) is 0.429. The molecule has 0 aliphatic rings. The van der Waals surface area contributed by atoms with Crippen molar-refractivity contribution in [2.24, 2.45) is 0 Å². The average molecular weight is 294 g/mol. The van der Waals surface area contributed by atoms with E-state index in [9.17, 15) is 19.7 Å². The van der Waals surface area contributed by atoms with E-state index in [1.54, 1.807) is 19.9 Å². The number of carbonyl (C=O) groups excluding carboxylic acids is 2. The molecule has 1 atom stereocenters. The summed E-state index contributed by atoms with van der Waals surface area (Å²) < 4.78 is 4.55. The molecule has 0 fully saturated rings. The quantitative estimate of drug-likeness (QED) is 0.452. The standard InChI is InChI=1S/C14H18N2O5/c1-4-15(9-13(17)21-3)14(18)10(2)11-6-5-7-12(8-11)16(19)20/h5-8,10H,4,9H2,1-3H3. The predicted octanol–water partition coefficient (Wildman–Crippen LogP) is 1.72. The molecule has 0 aromatic heterocycles. The second-order valence-corrected chi connectivity index (χ2v) is 4.50. The lowest BCUT2D eigenvalue weighted by Gasteiger charge is -2.23. The van der Waals surface area contributed by atoms with Crippen LogP contribution in [0.1, 0.15) is 25.3 Å². The van der Waals surface area contributed by atoms with Crippen molar-refractivity contribution in [3.8, 4) is 0 Å². The summed E-state index contributed by atoms with van der Waals surface area (Å²) >= 11 is 0. The van der Waals surface area contributed by atoms with Gasteiger partial charge in [-0.1, -0.05) is 12.1 Å². The van der Waals surface area contributed by atoms with Gasteiger partial charge in [-0.25, -0.2) is 0 Å². The molecular weight excluding hydrogens is 276 g/mol. The minimum atomic E-state index is -0.575. The molecule has 0 spiro atoms. The van der Waals surface area contributed by atoms with Crippen LogP contribution in [0.4, 0.5) is 5.69 Å². The third-order valence-corrected chi connectivity index (χ3v) is 3.19. The largest absolute Gasteiger partial charge is 0.468 e. The van der Waals surface area contributed by atoms with Crippen LogP contribution < -0.4 is 0 Å². The number of hydrogen-bond donors (Lipinski definition) is 0. The highest BCUT2D eigenvalue weighted by Gasteiger charge is 2.24. The molecule has 1 unspecified atom stereocenters. The molecule has 114 valence electrons. The van der Waals surface area contributed by atoms with Crippen LogP contribution in [-0.2, 0) is 14.3 Å². The summed E-state index contributed by atoms with van der Waals surface area (Å²) in [6, 6.07) is 5.93. The topological polar surface area (TPSA) is 89.8 Å². The van der Waals surface area contributed by atoms with E-state index in [1.165, 1.54) is 30.2 Å². The smallest absolute Gasteiger partial charge is 0.325 e. The van der Waals surface area contributed by atoms with Crippen LogP contribution in [0.5, 0.6) is 0 Å². The summed E-state index contributed by atoms with van der Waals surface area (Å²) in [5.41, 5.74) is 0.473. The molecule has 1 rings (SSSR count). The van der Waals surface area contributed by atoms with Crippen LogP contribution >= 0.6 is 0 Å². The van der Waals surface area contributed by atoms with E-state index >= 15 is 0 Å². The van der Waals surface area contributed by atoms with Gasteiger partial charge in [0.25, 0.3) is 5.69 Å². The van der Waals surface area contributed by atoms with Crippen molar-refractivity contribution in [3.63, 3.8) is 0 Å². The fourth-order valence-electron chi connectivity index (χ4n) is 1.89. The van der Waals surface area contributed by atoms with Gasteiger partial charge >= 0.3 is 5.97 Å². The highest BCUT2D eigenvalue weighted by atomic mass is 16.6. The zero-order valence-electron chi connectivity index (χ0n) is 12.2. The van der Waals surface area contributed by atoms with Gasteiger partial charge in [-0.05, 0) is 19.4 Å². The number of methoxy groups -OCH3 is 1. The number of rotatable bonds is 6. The Morgan fingerprint density at radius 3 is 2.62 bits per heavy atom. The van der Waals surface area contributed by atoms with E-state index in [4.69, 9.17) is 0 Å². The monoisotopic (exact) mass is 294 g/mol. The van der Waals surface area contributed by atoms with Gasteiger partial charge in [-0.15, -0.1) is 0 Å². The number of non-ortho nitro benzene ring substituents is 1. The first kappa shape index (κ1) is 16.6. The van der Waals surface area contributed by atoms with Gasteiger partial charge in [0.2, 0.25) is 5.91 Å². The molecular formula is C14H18N2O5. The average Bonchev–Trinajstić information content (AvgIpc) is 2.50. The Kier molecular flexibility index (Phi) is 5.83. The summed E-state index contributed by atoms with van der Waals surface area (Å²) in [5, 5.41) is 10.8. The normalized spacial score (nSPS) is 11.6. The highest BCUT2D eigenvalue weighted by Crippen LogP contribution is 2.22. The molecule has 0 heterocycles. The summed E-state index contributed by atoms with van der Waals surface area (Å²) in [4.78, 5) is 35.3. The number of benzene rings is 1. The number of esters is 1. The Balaban J connectivity index is 2.92. The van der Waals surface area contributed by atoms with E-state index < -0.39 is 16.8 Å². The van der Waals surface area contributed by atoms with Gasteiger partial charge in [-0.2, -0.15) is 0 Å². The summed E-state index contributed by atoms with van der Waals surface area (Å²) in [6.45, 7) is 3.63. The number of carbonyl (C=O) groups is 2. The third-order valence-electron chi connectivity index (χ3n) is 3.19. The number of amides is 1. The Labute approximate surface area is 122 Å². The highest BCUT2D eigenvalue weighted by molar-refractivity contribution is 5.86. The minimum Gasteiger partial charge on any atom is -0.468 e. The molecule has 0 N–H and O–H groups in total. The van der Waals surface area contributed by atoms with E-state index in [0.29, 0.717) is 12.1 Å². The zero-order chi connectivity index (χ0) is 16.0. The fourth-order valence-corrected chi connectivity index (χ4v) is 1.89. The van der Waals surface area contributed by atoms with Gasteiger partial charge < -0.3 is 9.64 Å². The maximum Gasteiger partial charge on any atom is 0.325 e. The number of nitro groups is 1. The Bertz CT molecular complexity index is 544. The first-order valence-corrected chi connectivity index (χ1v) is 6.50. The number of nitrogens with zero attached hydrogens (tertiary/aromatic N) is 2. The van der Waals surface area contributed by atoms with E-state index in [1.807, 2.05) is 0 Å². The minimum absolute atomic E-state index is 0.0665. The molecule has 0 aliphatic heterocycles. The van der Waals surface area contributed by atoms with Crippen LogP contribution in [0.3, 0.4) is 0 Å². The van der Waals surface area contributed by atoms with Crippen molar-refractivity contribution in [2.75, 3.05) is 20.2 Å². The first-order chi connectivity index (χ1) is 9.90. The maximum absolute atomic E-state index is 12.4. The number of nitro benzene ring substituents is 1. The molecule has 7 nitrogen and oxygen atoms in total. The predicted molar refractivity (Wildman–Crippen MR) is 75.8 cm³/mol. The number of likely N-dealkylation sites (N-methyl/N-ethyl adjacent to an activating group) is 1. The molecule has 1 amide bonds. The molecule has 0 aliphatic carbocycles. The van der Waals surface area contributed by atoms with Crippen molar-refractivity contribution < 1.29 is 19.2 Å². The van der Waals surface area contributed by atoms with Gasteiger partial charge in [-0.3, -0.25) is 19.7 Å². The molecule has 0 bridgehead atoms. The molecule has 7 heteroatoms. The molecule has 0 radical (unpaired) electrons. The lowest BCUT2D eigenvalue weighted by atomic mass is 9.99. The van der Waals surface area contributed by atoms with Gasteiger partial charge in [0, 0.05) is 18.7 Å². The van der Waals surface area contributed by atoms with Crippen LogP contribution in [-0.4, -0.2) is 41.9 Å². The van der Waals surface area contributed by atoms with Crippen molar-refractivity contribution >= 4 is 17.6 Å². The Morgan fingerprint density at radius 2 is 2.10 bits per heavy atom. The SMILES string of the molecule is CCN(CC(=O)OC)C(=O)C(C)c1cccc([N+](=O)[O-])c1. The van der Waals surface area contributed by atoms with Crippen LogP contribution in [0.15, 0.2) is 24.3 Å². The van der Waals surface area contributed by atoms with Crippen molar-refractivity contribution in [1.82, 2.24) is 4.90 Å². The van der Waals surface area contributed by atoms with E-state index in [0.717, 1.165) is 0 Å². The van der Waals surface area contributed by atoms with Gasteiger partial charge in [0.05, 0.1) is 18.0 Å². The van der Waals surface area contributed by atoms with Crippen LogP contribution in [0, 0.1) is 10.1 Å². The molecule has 1 aromatic carbocycles. The molecule has 1 aromatic rings. The lowest BCUT2D eigenvalue weighted by molar-refractivity contribution is -0.384. The Morgan fingerprint density at radius 1 is 1.43 bits per heavy atom. The van der Waals surface area contributed by atoms with Crippen molar-refractivity contribution in [3.05, 3.63) is 39.9 Å². The molecule has 0 saturated carbocycles. The van der Waals surface area contributed by atoms with Gasteiger partial charge in [0.1, 0.15) is 6.54 Å². The van der Waals surface area contributed by atoms with Crippen molar-refractivity contribution in [2.45, 2.75) is 19.8 Å². The summed E-state index contributed by atoms with van der Waals surface area (Å²) in [7, 11) is 1.25. The molecule has 0 saturated heterocycles. The Hall–Kier alpha value is -2.44. The van der Waals surface area contributed by atoms with E-state index in [2.05, 4.69) is 4.74 Å². The summed E-state index contributed by atoms with van der Waals surface area (Å²) in [5.74, 6) is -1.35. The number of ether oxygens (including phenoxy) is 1. The summed E-state index contributed by atoms with van der Waals surface area (Å²) in [6.07, 6.45) is 0. The molecule has 21 heavy (non-hydrogen) atoms. The number of hydrogen-bond acceptors (Lipinski definition) is 5. The maximum atomic E-state index is 12.4. The van der Waals surface area contributed by atoms with Crippen molar-refractivity contribution in [1.29, 1.82) is 0 Å². The second-order valence-electron chi connectivity index (χ2n) is 4.50. The third kappa shape index (κ3) is 4.27. The first-order valence-electron chi connectivity index (χ1n) is 6.50. The zero-order valence-corrected chi connectivity index (χ0v) is 12.2. The van der Waals surface area contributed by atoms with Crippen LogP contribution in [0.2, 0.25) is 0 Å². The van der Waals surface area contributed by atoms with Crippen LogP contribution in [0.25, 0.3) is 0 Å². The lowest BCUT2D eigenvalue weighted by Crippen LogP contribution is -2.38. The second kappa shape index (κ2) is 7.37. The van der Waals surface area contributed by atoms with Gasteiger partial charge in [0.15, 0.2) is 0 Å². The van der Waals surface area contributed by atoms with E-state index in [-0.39, 0.29) is 18.1 Å².